The van der Waals surface area contributed by atoms with Crippen molar-refractivity contribution in [2.75, 3.05) is 33.9 Å². The van der Waals surface area contributed by atoms with Crippen molar-refractivity contribution < 1.29 is 13.5 Å². The molecule has 2 rings (SSSR count). The summed E-state index contributed by atoms with van der Waals surface area (Å²) < 4.78 is 31.8. The maximum absolute atomic E-state index is 12.8. The quantitative estimate of drug-likeness (QED) is 0.406. The molecule has 0 spiro atoms. The van der Waals surface area contributed by atoms with Gasteiger partial charge in [0, 0.05) is 46.2 Å². The molecule has 1 N–H and O–H groups in total. The van der Waals surface area contributed by atoms with Crippen LogP contribution >= 0.6 is 24.0 Å². The van der Waals surface area contributed by atoms with Gasteiger partial charge in [-0.25, -0.2) is 4.98 Å². The van der Waals surface area contributed by atoms with Gasteiger partial charge in [0.1, 0.15) is 5.82 Å². The average Bonchev–Trinajstić information content (AvgIpc) is 3.03. The Bertz CT molecular complexity index is 506. The van der Waals surface area contributed by atoms with E-state index < -0.39 is 6.55 Å². The average molecular weight is 457 g/mol. The number of aliphatic imine (C=N–C) groups is 1. The van der Waals surface area contributed by atoms with Gasteiger partial charge in [0.2, 0.25) is 0 Å². The molecule has 0 aromatic carbocycles. The van der Waals surface area contributed by atoms with E-state index in [-0.39, 0.29) is 30.5 Å². The Hall–Kier alpha value is -0.970. The van der Waals surface area contributed by atoms with Gasteiger partial charge < -0.3 is 15.0 Å². The Morgan fingerprint density at radius 2 is 2.21 bits per heavy atom. The molecule has 9 heteroatoms. The van der Waals surface area contributed by atoms with Crippen LogP contribution in [0.3, 0.4) is 0 Å². The molecule has 1 aliphatic heterocycles. The van der Waals surface area contributed by atoms with Crippen LogP contribution in [-0.4, -0.2) is 54.3 Å². The molecule has 6 nitrogen and oxygen atoms in total. The predicted molar refractivity (Wildman–Crippen MR) is 99.9 cm³/mol. The number of alkyl halides is 2. The number of rotatable bonds is 6. The fourth-order valence-corrected chi connectivity index (χ4v) is 2.72. The lowest BCUT2D eigenvalue weighted by atomic mass is 9.96. The number of nitrogens with one attached hydrogen (secondary N) is 1. The van der Waals surface area contributed by atoms with Crippen molar-refractivity contribution in [3.63, 3.8) is 0 Å². The highest BCUT2D eigenvalue weighted by Crippen LogP contribution is 2.18. The third kappa shape index (κ3) is 6.15. The Kier molecular flexibility index (Phi) is 9.49. The standard InChI is InChI=1S/C15H25F2N5O.HI/c1-18-15(20-11-13-19-6-8-22(13)14(16)17)21(2)7-3-12-4-9-23-10-5-12;/h6,8,12,14H,3-5,7,9-11H2,1-2H3,(H,18,20);1H. The van der Waals surface area contributed by atoms with Crippen molar-refractivity contribution in [2.24, 2.45) is 10.9 Å². The normalized spacial score (nSPS) is 16.1. The smallest absolute Gasteiger partial charge is 0.319 e. The van der Waals surface area contributed by atoms with E-state index >= 15 is 0 Å². The maximum Gasteiger partial charge on any atom is 0.319 e. The van der Waals surface area contributed by atoms with Crippen LogP contribution < -0.4 is 5.32 Å². The summed E-state index contributed by atoms with van der Waals surface area (Å²) in [4.78, 5) is 10.2. The lowest BCUT2D eigenvalue weighted by Crippen LogP contribution is -2.40. The van der Waals surface area contributed by atoms with Gasteiger partial charge in [0.25, 0.3) is 0 Å². The van der Waals surface area contributed by atoms with Crippen molar-refractivity contribution in [3.05, 3.63) is 18.2 Å². The van der Waals surface area contributed by atoms with Gasteiger partial charge in [0.05, 0.1) is 6.54 Å². The molecule has 0 saturated carbocycles. The van der Waals surface area contributed by atoms with Crippen molar-refractivity contribution in [2.45, 2.75) is 32.4 Å². The van der Waals surface area contributed by atoms with Crippen LogP contribution in [0, 0.1) is 5.92 Å². The highest BCUT2D eigenvalue weighted by Gasteiger charge is 2.16. The minimum absolute atomic E-state index is 0. The zero-order valence-corrected chi connectivity index (χ0v) is 16.5. The fourth-order valence-electron chi connectivity index (χ4n) is 2.72. The molecule has 1 saturated heterocycles. The van der Waals surface area contributed by atoms with E-state index in [1.807, 2.05) is 11.9 Å². The number of ether oxygens (including phenoxy) is 1. The fraction of sp³-hybridized carbons (Fsp3) is 0.733. The molecule has 138 valence electrons. The van der Waals surface area contributed by atoms with E-state index in [0.29, 0.717) is 17.7 Å². The summed E-state index contributed by atoms with van der Waals surface area (Å²) in [7, 11) is 3.64. The Morgan fingerprint density at radius 3 is 2.83 bits per heavy atom. The van der Waals surface area contributed by atoms with E-state index in [0.717, 1.165) is 43.6 Å². The summed E-state index contributed by atoms with van der Waals surface area (Å²) in [5, 5.41) is 3.09. The van der Waals surface area contributed by atoms with E-state index in [1.54, 1.807) is 7.05 Å². The summed E-state index contributed by atoms with van der Waals surface area (Å²) in [6.07, 6.45) is 5.93. The first-order valence-corrected chi connectivity index (χ1v) is 7.91. The predicted octanol–water partition coefficient (Wildman–Crippen LogP) is 2.72. The van der Waals surface area contributed by atoms with Gasteiger partial charge in [0.15, 0.2) is 5.96 Å². The van der Waals surface area contributed by atoms with Crippen LogP contribution in [0.5, 0.6) is 0 Å². The number of halogens is 3. The SMILES string of the molecule is CN=C(NCc1nccn1C(F)F)N(C)CCC1CCOCC1.I. The van der Waals surface area contributed by atoms with Crippen LogP contribution in [0.2, 0.25) is 0 Å². The van der Waals surface area contributed by atoms with Crippen LogP contribution in [0.15, 0.2) is 17.4 Å². The first-order chi connectivity index (χ1) is 11.1. The summed E-state index contributed by atoms with van der Waals surface area (Å²) in [5.41, 5.74) is 0. The Morgan fingerprint density at radius 1 is 1.50 bits per heavy atom. The lowest BCUT2D eigenvalue weighted by molar-refractivity contribution is 0.0624. The second-order valence-electron chi connectivity index (χ2n) is 5.70. The summed E-state index contributed by atoms with van der Waals surface area (Å²) >= 11 is 0. The summed E-state index contributed by atoms with van der Waals surface area (Å²) in [6, 6.07) is 0. The molecule has 2 heterocycles. The number of hydrogen-bond acceptors (Lipinski definition) is 3. The van der Waals surface area contributed by atoms with Gasteiger partial charge in [-0.3, -0.25) is 9.56 Å². The number of hydrogen-bond donors (Lipinski definition) is 1. The first-order valence-electron chi connectivity index (χ1n) is 7.91. The molecule has 0 bridgehead atoms. The highest BCUT2D eigenvalue weighted by molar-refractivity contribution is 14.0. The molecule has 0 unspecified atom stereocenters. The molecule has 1 aromatic rings. The number of guanidine groups is 1. The number of imidazole rings is 1. The van der Waals surface area contributed by atoms with Crippen molar-refractivity contribution in [3.8, 4) is 0 Å². The molecule has 0 aliphatic carbocycles. The van der Waals surface area contributed by atoms with E-state index in [1.165, 1.54) is 12.4 Å². The molecule has 0 amide bonds. The zero-order valence-electron chi connectivity index (χ0n) is 14.1. The second-order valence-corrected chi connectivity index (χ2v) is 5.70. The molecule has 0 atom stereocenters. The van der Waals surface area contributed by atoms with Crippen molar-refractivity contribution in [1.82, 2.24) is 19.8 Å². The second kappa shape index (κ2) is 10.8. The number of aromatic nitrogens is 2. The Balaban J connectivity index is 0.00000288. The molecular weight excluding hydrogens is 431 g/mol. The molecule has 0 radical (unpaired) electrons. The third-order valence-electron chi connectivity index (χ3n) is 4.15. The lowest BCUT2D eigenvalue weighted by Gasteiger charge is -2.26. The van der Waals surface area contributed by atoms with Crippen LogP contribution in [-0.2, 0) is 11.3 Å². The molecule has 1 aliphatic rings. The largest absolute Gasteiger partial charge is 0.381 e. The first kappa shape index (κ1) is 21.1. The molecular formula is C15H26F2IN5O. The summed E-state index contributed by atoms with van der Waals surface area (Å²) in [5.74, 6) is 1.65. The van der Waals surface area contributed by atoms with Gasteiger partial charge >= 0.3 is 6.55 Å². The van der Waals surface area contributed by atoms with E-state index in [4.69, 9.17) is 4.74 Å². The van der Waals surface area contributed by atoms with E-state index in [9.17, 15) is 8.78 Å². The van der Waals surface area contributed by atoms with Crippen molar-refractivity contribution >= 4 is 29.9 Å². The van der Waals surface area contributed by atoms with Gasteiger partial charge in [-0.05, 0) is 25.2 Å². The third-order valence-corrected chi connectivity index (χ3v) is 4.15. The molecule has 1 fully saturated rings. The maximum atomic E-state index is 12.8. The number of nitrogens with zero attached hydrogens (tertiary/aromatic N) is 4. The Labute approximate surface area is 158 Å². The highest BCUT2D eigenvalue weighted by atomic mass is 127. The van der Waals surface area contributed by atoms with Gasteiger partial charge in [-0.15, -0.1) is 24.0 Å². The molecule has 24 heavy (non-hydrogen) atoms. The van der Waals surface area contributed by atoms with Crippen LogP contribution in [0.4, 0.5) is 8.78 Å². The van der Waals surface area contributed by atoms with Crippen LogP contribution in [0.25, 0.3) is 0 Å². The van der Waals surface area contributed by atoms with Crippen LogP contribution in [0.1, 0.15) is 31.6 Å². The summed E-state index contributed by atoms with van der Waals surface area (Å²) in [6.45, 7) is 0.191. The van der Waals surface area contributed by atoms with E-state index in [2.05, 4.69) is 15.3 Å². The van der Waals surface area contributed by atoms with Gasteiger partial charge in [-0.2, -0.15) is 8.78 Å². The van der Waals surface area contributed by atoms with Crippen molar-refractivity contribution in [1.29, 1.82) is 0 Å². The topological polar surface area (TPSA) is 54.7 Å². The zero-order chi connectivity index (χ0) is 16.7. The molecule has 1 aromatic heterocycles. The minimum Gasteiger partial charge on any atom is -0.381 e. The van der Waals surface area contributed by atoms with Gasteiger partial charge in [-0.1, -0.05) is 0 Å². The minimum atomic E-state index is -2.58. The monoisotopic (exact) mass is 457 g/mol.